The van der Waals surface area contributed by atoms with Crippen LogP contribution >= 0.6 is 0 Å². The van der Waals surface area contributed by atoms with E-state index in [1.165, 1.54) is 0 Å². The van der Waals surface area contributed by atoms with Gasteiger partial charge in [0.05, 0.1) is 5.54 Å². The number of ether oxygens (including phenoxy) is 1. The smallest absolute Gasteiger partial charge is 0.288 e. The molecule has 0 bridgehead atoms. The zero-order valence-electron chi connectivity index (χ0n) is 9.51. The standard InChI is InChI=1S/C10H20N2O/c1-9(2,3)12(6)8-11-10(4,5)7-13-8/h7H2,1-6H3. The lowest BCUT2D eigenvalue weighted by Gasteiger charge is -2.32. The van der Waals surface area contributed by atoms with Gasteiger partial charge in [0, 0.05) is 12.6 Å². The Labute approximate surface area is 80.8 Å². The summed E-state index contributed by atoms with van der Waals surface area (Å²) in [7, 11) is 2.01. The van der Waals surface area contributed by atoms with Crippen LogP contribution in [0.3, 0.4) is 0 Å². The van der Waals surface area contributed by atoms with Crippen molar-refractivity contribution in [2.45, 2.75) is 45.7 Å². The summed E-state index contributed by atoms with van der Waals surface area (Å²) in [5.41, 5.74) is 0.00803. The molecule has 0 fully saturated rings. The van der Waals surface area contributed by atoms with Gasteiger partial charge in [0.25, 0.3) is 6.02 Å². The Balaban J connectivity index is 2.76. The molecule has 0 unspecified atom stereocenters. The third kappa shape index (κ3) is 2.36. The van der Waals surface area contributed by atoms with Gasteiger partial charge in [0.2, 0.25) is 0 Å². The van der Waals surface area contributed by atoms with Crippen LogP contribution in [0.5, 0.6) is 0 Å². The maximum atomic E-state index is 5.53. The van der Waals surface area contributed by atoms with Gasteiger partial charge in [0.15, 0.2) is 0 Å². The van der Waals surface area contributed by atoms with E-state index in [0.29, 0.717) is 6.61 Å². The maximum Gasteiger partial charge on any atom is 0.288 e. The zero-order valence-corrected chi connectivity index (χ0v) is 9.51. The quantitative estimate of drug-likeness (QED) is 0.574. The van der Waals surface area contributed by atoms with Gasteiger partial charge in [-0.2, -0.15) is 0 Å². The van der Waals surface area contributed by atoms with Crippen LogP contribution in [0.1, 0.15) is 34.6 Å². The van der Waals surface area contributed by atoms with Crippen LogP contribution in [0.2, 0.25) is 0 Å². The summed E-state index contributed by atoms with van der Waals surface area (Å²) in [5, 5.41) is 0. The Morgan fingerprint density at radius 1 is 1.38 bits per heavy atom. The highest BCUT2D eigenvalue weighted by Crippen LogP contribution is 2.21. The van der Waals surface area contributed by atoms with Crippen molar-refractivity contribution >= 4 is 6.02 Å². The summed E-state index contributed by atoms with van der Waals surface area (Å²) in [5.74, 6) is 0. The predicted octanol–water partition coefficient (Wildman–Crippen LogP) is 1.88. The lowest BCUT2D eigenvalue weighted by molar-refractivity contribution is 0.192. The lowest BCUT2D eigenvalue weighted by Crippen LogP contribution is -2.42. The van der Waals surface area contributed by atoms with Gasteiger partial charge in [-0.25, -0.2) is 4.99 Å². The fourth-order valence-corrected chi connectivity index (χ4v) is 1.02. The summed E-state index contributed by atoms with van der Waals surface area (Å²) in [6.45, 7) is 11.3. The van der Waals surface area contributed by atoms with Crippen molar-refractivity contribution in [3.63, 3.8) is 0 Å². The SMILES string of the molecule is CN(C1=NC(C)(C)CO1)C(C)(C)C. The molecule has 1 rings (SSSR count). The highest BCUT2D eigenvalue weighted by Gasteiger charge is 2.31. The van der Waals surface area contributed by atoms with Crippen molar-refractivity contribution in [3.05, 3.63) is 0 Å². The topological polar surface area (TPSA) is 24.8 Å². The predicted molar refractivity (Wildman–Crippen MR) is 55.0 cm³/mol. The van der Waals surface area contributed by atoms with E-state index in [0.717, 1.165) is 6.02 Å². The van der Waals surface area contributed by atoms with Crippen molar-refractivity contribution in [3.8, 4) is 0 Å². The van der Waals surface area contributed by atoms with E-state index in [1.807, 2.05) is 7.05 Å². The number of nitrogens with zero attached hydrogens (tertiary/aromatic N) is 2. The molecule has 1 heterocycles. The second-order valence-corrected chi connectivity index (χ2v) is 5.23. The molecule has 76 valence electrons. The molecule has 0 amide bonds. The van der Waals surface area contributed by atoms with Crippen LogP contribution in [0.4, 0.5) is 0 Å². The summed E-state index contributed by atoms with van der Waals surface area (Å²) >= 11 is 0. The minimum atomic E-state index is -0.0607. The van der Waals surface area contributed by atoms with Gasteiger partial charge >= 0.3 is 0 Å². The van der Waals surface area contributed by atoms with E-state index in [1.54, 1.807) is 0 Å². The second kappa shape index (κ2) is 2.89. The van der Waals surface area contributed by atoms with Crippen LogP contribution in [0.15, 0.2) is 4.99 Å². The molecule has 0 atom stereocenters. The fourth-order valence-electron chi connectivity index (χ4n) is 1.02. The third-order valence-electron chi connectivity index (χ3n) is 2.25. The molecule has 3 heteroatoms. The first-order chi connectivity index (χ1) is 5.72. The molecule has 0 saturated heterocycles. The Hall–Kier alpha value is -0.730. The van der Waals surface area contributed by atoms with Crippen LogP contribution in [0.25, 0.3) is 0 Å². The summed E-state index contributed by atoms with van der Waals surface area (Å²) < 4.78 is 5.53. The Bertz CT molecular complexity index is 226. The minimum Gasteiger partial charge on any atom is -0.463 e. The minimum absolute atomic E-state index is 0.0607. The van der Waals surface area contributed by atoms with E-state index in [9.17, 15) is 0 Å². The average Bonchev–Trinajstić information content (AvgIpc) is 2.26. The van der Waals surface area contributed by atoms with E-state index in [-0.39, 0.29) is 11.1 Å². The molecule has 0 radical (unpaired) electrons. The number of rotatable bonds is 0. The molecule has 1 aliphatic rings. The van der Waals surface area contributed by atoms with E-state index < -0.39 is 0 Å². The Kier molecular flexibility index (Phi) is 2.30. The van der Waals surface area contributed by atoms with Gasteiger partial charge in [-0.05, 0) is 34.6 Å². The number of hydrogen-bond donors (Lipinski definition) is 0. The molecular formula is C10H20N2O. The number of hydrogen-bond acceptors (Lipinski definition) is 3. The highest BCUT2D eigenvalue weighted by atomic mass is 16.5. The van der Waals surface area contributed by atoms with Crippen LogP contribution in [-0.2, 0) is 4.74 Å². The molecule has 0 aliphatic carbocycles. The van der Waals surface area contributed by atoms with E-state index in [2.05, 4.69) is 44.5 Å². The summed E-state index contributed by atoms with van der Waals surface area (Å²) in [6.07, 6.45) is 0. The molecule has 0 aromatic rings. The molecule has 13 heavy (non-hydrogen) atoms. The van der Waals surface area contributed by atoms with Crippen LogP contribution in [-0.4, -0.2) is 35.7 Å². The Morgan fingerprint density at radius 2 is 1.92 bits per heavy atom. The lowest BCUT2D eigenvalue weighted by atomic mass is 10.1. The maximum absolute atomic E-state index is 5.53. The molecule has 0 N–H and O–H groups in total. The molecule has 0 aromatic heterocycles. The molecular weight excluding hydrogens is 164 g/mol. The average molecular weight is 184 g/mol. The van der Waals surface area contributed by atoms with Gasteiger partial charge < -0.3 is 9.64 Å². The number of aliphatic imine (C=N–C) groups is 1. The largest absolute Gasteiger partial charge is 0.463 e. The van der Waals surface area contributed by atoms with Crippen LogP contribution in [0, 0.1) is 0 Å². The van der Waals surface area contributed by atoms with E-state index >= 15 is 0 Å². The molecule has 0 saturated carbocycles. The van der Waals surface area contributed by atoms with Crippen molar-refractivity contribution in [2.24, 2.45) is 4.99 Å². The van der Waals surface area contributed by atoms with E-state index in [4.69, 9.17) is 4.74 Å². The third-order valence-corrected chi connectivity index (χ3v) is 2.25. The van der Waals surface area contributed by atoms with Crippen molar-refractivity contribution in [2.75, 3.05) is 13.7 Å². The van der Waals surface area contributed by atoms with Gasteiger partial charge in [-0.3, -0.25) is 0 Å². The first-order valence-electron chi connectivity index (χ1n) is 4.69. The van der Waals surface area contributed by atoms with Gasteiger partial charge in [-0.1, -0.05) is 0 Å². The van der Waals surface area contributed by atoms with Gasteiger partial charge in [-0.15, -0.1) is 0 Å². The molecule has 3 nitrogen and oxygen atoms in total. The first-order valence-corrected chi connectivity index (χ1v) is 4.69. The van der Waals surface area contributed by atoms with Crippen LogP contribution < -0.4 is 0 Å². The monoisotopic (exact) mass is 184 g/mol. The van der Waals surface area contributed by atoms with Crippen molar-refractivity contribution < 1.29 is 4.74 Å². The summed E-state index contributed by atoms with van der Waals surface area (Å²) in [4.78, 5) is 6.58. The second-order valence-electron chi connectivity index (χ2n) is 5.23. The number of amidine groups is 1. The molecule has 0 aromatic carbocycles. The Morgan fingerprint density at radius 3 is 2.23 bits per heavy atom. The molecule has 1 aliphatic heterocycles. The normalized spacial score (nSPS) is 20.9. The summed E-state index contributed by atoms with van der Waals surface area (Å²) in [6, 6.07) is 0.762. The highest BCUT2D eigenvalue weighted by molar-refractivity contribution is 5.76. The first kappa shape index (κ1) is 10.4. The van der Waals surface area contributed by atoms with Gasteiger partial charge in [0.1, 0.15) is 6.61 Å². The fraction of sp³-hybridized carbons (Fsp3) is 0.900. The molecule has 0 spiro atoms. The van der Waals surface area contributed by atoms with Crippen molar-refractivity contribution in [1.29, 1.82) is 0 Å². The van der Waals surface area contributed by atoms with Crippen molar-refractivity contribution in [1.82, 2.24) is 4.90 Å². The zero-order chi connectivity index (χ0) is 10.3.